The number of amides is 2. The Bertz CT molecular complexity index is 440. The van der Waals surface area contributed by atoms with Gasteiger partial charge < -0.3 is 10.6 Å². The Morgan fingerprint density at radius 3 is 2.80 bits per heavy atom. The molecule has 1 aliphatic heterocycles. The molecule has 0 atom stereocenters. The van der Waals surface area contributed by atoms with Crippen LogP contribution in [0.2, 0.25) is 0 Å². The topological polar surface area (TPSA) is 63.4 Å². The molecule has 0 spiro atoms. The van der Waals surface area contributed by atoms with Gasteiger partial charge in [-0.2, -0.15) is 0 Å². The molecule has 0 radical (unpaired) electrons. The number of rotatable bonds is 1. The van der Waals surface area contributed by atoms with E-state index in [1.807, 2.05) is 6.07 Å². The molecule has 0 unspecified atom stereocenters. The van der Waals surface area contributed by atoms with Crippen molar-refractivity contribution in [1.82, 2.24) is 0 Å². The summed E-state index contributed by atoms with van der Waals surface area (Å²) in [5.41, 5.74) is 7.50. The molecule has 0 bridgehead atoms. The number of anilines is 1. The molecule has 1 aliphatic rings. The SMILES string of the molecule is CN1C(=O)CCc2ccc(C(N)=O)cc21. The molecule has 2 N–H and O–H groups in total. The van der Waals surface area contributed by atoms with Crippen molar-refractivity contribution in [3.63, 3.8) is 0 Å². The van der Waals surface area contributed by atoms with Crippen LogP contribution < -0.4 is 10.6 Å². The van der Waals surface area contributed by atoms with Crippen LogP contribution >= 0.6 is 0 Å². The van der Waals surface area contributed by atoms with Crippen molar-refractivity contribution in [2.45, 2.75) is 12.8 Å². The van der Waals surface area contributed by atoms with Crippen LogP contribution in [0.4, 0.5) is 5.69 Å². The van der Waals surface area contributed by atoms with Gasteiger partial charge in [-0.15, -0.1) is 0 Å². The molecule has 0 saturated heterocycles. The molecule has 1 heterocycles. The first-order chi connectivity index (χ1) is 7.09. The molecule has 4 nitrogen and oxygen atoms in total. The number of hydrogen-bond donors (Lipinski definition) is 1. The van der Waals surface area contributed by atoms with E-state index in [1.54, 1.807) is 24.1 Å². The molecule has 0 fully saturated rings. The van der Waals surface area contributed by atoms with Crippen molar-refractivity contribution in [2.75, 3.05) is 11.9 Å². The van der Waals surface area contributed by atoms with Gasteiger partial charge in [-0.1, -0.05) is 6.07 Å². The Labute approximate surface area is 87.7 Å². The molecule has 78 valence electrons. The first kappa shape index (κ1) is 9.71. The molecule has 2 amide bonds. The number of nitrogens with two attached hydrogens (primary N) is 1. The molecule has 0 saturated carbocycles. The van der Waals surface area contributed by atoms with Gasteiger partial charge in [0, 0.05) is 24.7 Å². The van der Waals surface area contributed by atoms with E-state index in [0.29, 0.717) is 12.0 Å². The fourth-order valence-electron chi connectivity index (χ4n) is 1.78. The molecule has 1 aromatic carbocycles. The van der Waals surface area contributed by atoms with Gasteiger partial charge in [0.1, 0.15) is 0 Å². The average Bonchev–Trinajstić information content (AvgIpc) is 2.23. The summed E-state index contributed by atoms with van der Waals surface area (Å²) >= 11 is 0. The summed E-state index contributed by atoms with van der Waals surface area (Å²) in [6, 6.07) is 5.23. The van der Waals surface area contributed by atoms with Gasteiger partial charge in [-0.3, -0.25) is 9.59 Å². The Morgan fingerprint density at radius 2 is 2.13 bits per heavy atom. The number of hydrogen-bond acceptors (Lipinski definition) is 2. The highest BCUT2D eigenvalue weighted by Gasteiger charge is 2.21. The minimum absolute atomic E-state index is 0.0733. The molecular formula is C11H12N2O2. The van der Waals surface area contributed by atoms with Crippen LogP contribution in [0.15, 0.2) is 18.2 Å². The fraction of sp³-hybridized carbons (Fsp3) is 0.273. The number of carbonyl (C=O) groups excluding carboxylic acids is 2. The Hall–Kier alpha value is -1.84. The monoisotopic (exact) mass is 204 g/mol. The Kier molecular flexibility index (Phi) is 2.19. The first-order valence-corrected chi connectivity index (χ1v) is 4.79. The lowest BCUT2D eigenvalue weighted by molar-refractivity contribution is -0.118. The zero-order valence-corrected chi connectivity index (χ0v) is 8.49. The lowest BCUT2D eigenvalue weighted by atomic mass is 9.99. The van der Waals surface area contributed by atoms with E-state index in [-0.39, 0.29) is 5.91 Å². The van der Waals surface area contributed by atoms with Crippen molar-refractivity contribution < 1.29 is 9.59 Å². The summed E-state index contributed by atoms with van der Waals surface area (Å²) in [5, 5.41) is 0. The summed E-state index contributed by atoms with van der Waals surface area (Å²) < 4.78 is 0. The van der Waals surface area contributed by atoms with Crippen molar-refractivity contribution in [1.29, 1.82) is 0 Å². The molecule has 2 rings (SSSR count). The van der Waals surface area contributed by atoms with Crippen LogP contribution in [-0.4, -0.2) is 18.9 Å². The van der Waals surface area contributed by atoms with Crippen molar-refractivity contribution >= 4 is 17.5 Å². The zero-order valence-electron chi connectivity index (χ0n) is 8.49. The van der Waals surface area contributed by atoms with Crippen LogP contribution in [0.3, 0.4) is 0 Å². The lowest BCUT2D eigenvalue weighted by Crippen LogP contribution is -2.31. The molecule has 4 heteroatoms. The summed E-state index contributed by atoms with van der Waals surface area (Å²) in [6.45, 7) is 0. The standard InChI is InChI=1S/C11H12N2O2/c1-13-9-6-8(11(12)15)3-2-7(9)4-5-10(13)14/h2-3,6H,4-5H2,1H3,(H2,12,15). The van der Waals surface area contributed by atoms with Crippen LogP contribution in [-0.2, 0) is 11.2 Å². The third kappa shape index (κ3) is 1.58. The van der Waals surface area contributed by atoms with E-state index in [9.17, 15) is 9.59 Å². The van der Waals surface area contributed by atoms with Gasteiger partial charge in [0.25, 0.3) is 0 Å². The summed E-state index contributed by atoms with van der Waals surface area (Å²) in [4.78, 5) is 24.0. The maximum atomic E-state index is 11.4. The zero-order chi connectivity index (χ0) is 11.0. The van der Waals surface area contributed by atoms with Gasteiger partial charge in [-0.05, 0) is 24.1 Å². The van der Waals surface area contributed by atoms with E-state index in [0.717, 1.165) is 17.7 Å². The van der Waals surface area contributed by atoms with E-state index in [2.05, 4.69) is 0 Å². The van der Waals surface area contributed by atoms with Gasteiger partial charge in [0.15, 0.2) is 0 Å². The quantitative estimate of drug-likeness (QED) is 0.731. The van der Waals surface area contributed by atoms with Crippen LogP contribution in [0, 0.1) is 0 Å². The normalized spacial score (nSPS) is 15.0. The summed E-state index contributed by atoms with van der Waals surface area (Å²) in [6.07, 6.45) is 1.26. The van der Waals surface area contributed by atoms with Crippen molar-refractivity contribution in [3.05, 3.63) is 29.3 Å². The summed E-state index contributed by atoms with van der Waals surface area (Å²) in [5.74, 6) is -0.395. The van der Waals surface area contributed by atoms with Crippen LogP contribution in [0.5, 0.6) is 0 Å². The van der Waals surface area contributed by atoms with E-state index < -0.39 is 5.91 Å². The maximum absolute atomic E-state index is 11.4. The second-order valence-electron chi connectivity index (χ2n) is 3.66. The number of benzene rings is 1. The van der Waals surface area contributed by atoms with E-state index in [1.165, 1.54) is 0 Å². The van der Waals surface area contributed by atoms with Gasteiger partial charge in [-0.25, -0.2) is 0 Å². The second kappa shape index (κ2) is 3.38. The number of fused-ring (bicyclic) bond motifs is 1. The van der Waals surface area contributed by atoms with Crippen LogP contribution in [0.25, 0.3) is 0 Å². The number of primary amides is 1. The fourth-order valence-corrected chi connectivity index (χ4v) is 1.78. The average molecular weight is 204 g/mol. The third-order valence-corrected chi connectivity index (χ3v) is 2.71. The predicted molar refractivity (Wildman–Crippen MR) is 56.7 cm³/mol. The highest BCUT2D eigenvalue weighted by Crippen LogP contribution is 2.27. The number of carbonyl (C=O) groups is 2. The van der Waals surface area contributed by atoms with E-state index >= 15 is 0 Å². The number of nitrogens with zero attached hydrogens (tertiary/aromatic N) is 1. The van der Waals surface area contributed by atoms with Gasteiger partial charge in [0.05, 0.1) is 0 Å². The van der Waals surface area contributed by atoms with Crippen LogP contribution in [0.1, 0.15) is 22.3 Å². The van der Waals surface area contributed by atoms with Gasteiger partial charge in [0.2, 0.25) is 11.8 Å². The minimum atomic E-state index is -0.468. The Morgan fingerprint density at radius 1 is 1.40 bits per heavy atom. The predicted octanol–water partition coefficient (Wildman–Crippen LogP) is 0.695. The number of aryl methyl sites for hydroxylation is 1. The van der Waals surface area contributed by atoms with Crippen molar-refractivity contribution in [2.24, 2.45) is 5.73 Å². The smallest absolute Gasteiger partial charge is 0.248 e. The molecule has 0 aromatic heterocycles. The molecule has 1 aromatic rings. The highest BCUT2D eigenvalue weighted by atomic mass is 16.2. The van der Waals surface area contributed by atoms with Crippen molar-refractivity contribution in [3.8, 4) is 0 Å². The first-order valence-electron chi connectivity index (χ1n) is 4.79. The molecular weight excluding hydrogens is 192 g/mol. The summed E-state index contributed by atoms with van der Waals surface area (Å²) in [7, 11) is 1.71. The minimum Gasteiger partial charge on any atom is -0.366 e. The second-order valence-corrected chi connectivity index (χ2v) is 3.66. The highest BCUT2D eigenvalue weighted by molar-refractivity contribution is 5.99. The molecule has 15 heavy (non-hydrogen) atoms. The third-order valence-electron chi connectivity index (χ3n) is 2.71. The maximum Gasteiger partial charge on any atom is 0.248 e. The largest absolute Gasteiger partial charge is 0.366 e. The molecule has 0 aliphatic carbocycles. The Balaban J connectivity index is 2.50. The van der Waals surface area contributed by atoms with Gasteiger partial charge >= 0.3 is 0 Å². The lowest BCUT2D eigenvalue weighted by Gasteiger charge is -2.25. The van der Waals surface area contributed by atoms with E-state index in [4.69, 9.17) is 5.73 Å².